The Hall–Kier alpha value is -1.40. The summed E-state index contributed by atoms with van der Waals surface area (Å²) >= 11 is 3.35. The molecule has 6 heteroatoms. The van der Waals surface area contributed by atoms with Crippen molar-refractivity contribution in [3.8, 4) is 0 Å². The number of ether oxygens (including phenoxy) is 2. The zero-order valence-corrected chi connectivity index (χ0v) is 14.1. The van der Waals surface area contributed by atoms with Crippen LogP contribution in [0.15, 0.2) is 22.7 Å². The molecule has 0 saturated heterocycles. The first-order chi connectivity index (χ1) is 9.97. The third-order valence-corrected chi connectivity index (χ3v) is 3.21. The Morgan fingerprint density at radius 1 is 1.19 bits per heavy atom. The van der Waals surface area contributed by atoms with Gasteiger partial charge < -0.3 is 9.47 Å². The average Bonchev–Trinajstić information content (AvgIpc) is 2.41. The summed E-state index contributed by atoms with van der Waals surface area (Å²) in [5.41, 5.74) is 1.31. The minimum absolute atomic E-state index is 0.173. The summed E-state index contributed by atoms with van der Waals surface area (Å²) in [6.45, 7) is 4.85. The molecule has 116 valence electrons. The Balaban J connectivity index is 2.82. The first-order valence-corrected chi connectivity index (χ1v) is 7.56. The van der Waals surface area contributed by atoms with Crippen molar-refractivity contribution in [1.29, 1.82) is 0 Å². The van der Waals surface area contributed by atoms with Crippen LogP contribution < -0.4 is 0 Å². The molecule has 0 saturated carbocycles. The first kappa shape index (κ1) is 17.7. The van der Waals surface area contributed by atoms with Gasteiger partial charge in [-0.05, 0) is 38.6 Å². The molecule has 21 heavy (non-hydrogen) atoms. The molecule has 0 unspecified atom stereocenters. The van der Waals surface area contributed by atoms with E-state index in [0.29, 0.717) is 25.3 Å². The van der Waals surface area contributed by atoms with Crippen LogP contribution in [0, 0.1) is 0 Å². The number of halogens is 1. The van der Waals surface area contributed by atoms with E-state index in [2.05, 4.69) is 15.9 Å². The van der Waals surface area contributed by atoms with Gasteiger partial charge in [-0.25, -0.2) is 4.79 Å². The van der Waals surface area contributed by atoms with E-state index in [1.165, 1.54) is 0 Å². The highest BCUT2D eigenvalue weighted by Crippen LogP contribution is 2.19. The first-order valence-electron chi connectivity index (χ1n) is 6.77. The summed E-state index contributed by atoms with van der Waals surface area (Å²) in [5.74, 6) is -0.645. The summed E-state index contributed by atoms with van der Waals surface area (Å²) in [4.78, 5) is 25.2. The molecular formula is C15H20BrNO4. The van der Waals surface area contributed by atoms with E-state index in [4.69, 9.17) is 9.47 Å². The molecule has 0 aliphatic carbocycles. The van der Waals surface area contributed by atoms with Gasteiger partial charge in [-0.3, -0.25) is 9.69 Å². The highest BCUT2D eigenvalue weighted by Gasteiger charge is 2.16. The number of nitrogens with zero attached hydrogens (tertiary/aromatic N) is 1. The van der Waals surface area contributed by atoms with Crippen LogP contribution in [-0.4, -0.2) is 43.6 Å². The normalized spacial score (nSPS) is 10.5. The van der Waals surface area contributed by atoms with Crippen LogP contribution in [0.1, 0.15) is 29.8 Å². The molecule has 0 aliphatic heterocycles. The lowest BCUT2D eigenvalue weighted by Gasteiger charge is -2.17. The monoisotopic (exact) mass is 357 g/mol. The van der Waals surface area contributed by atoms with Gasteiger partial charge in [0.1, 0.15) is 0 Å². The minimum Gasteiger partial charge on any atom is -0.465 e. The smallest absolute Gasteiger partial charge is 0.338 e. The van der Waals surface area contributed by atoms with Crippen molar-refractivity contribution in [1.82, 2.24) is 4.90 Å². The Kier molecular flexibility index (Phi) is 7.39. The van der Waals surface area contributed by atoms with Gasteiger partial charge in [0.05, 0.1) is 25.3 Å². The molecule has 0 spiro atoms. The van der Waals surface area contributed by atoms with E-state index in [0.717, 1.165) is 10.0 Å². The van der Waals surface area contributed by atoms with Crippen LogP contribution in [0.3, 0.4) is 0 Å². The summed E-state index contributed by atoms with van der Waals surface area (Å²) in [7, 11) is 1.80. The zero-order chi connectivity index (χ0) is 15.8. The van der Waals surface area contributed by atoms with Gasteiger partial charge in [-0.1, -0.05) is 22.0 Å². The lowest BCUT2D eigenvalue weighted by atomic mass is 10.1. The molecule has 5 nitrogen and oxygen atoms in total. The third-order valence-electron chi connectivity index (χ3n) is 2.71. The SMILES string of the molecule is CCOC(=O)CN(C)Cc1ccc(Br)cc1C(=O)OCC. The summed E-state index contributed by atoms with van der Waals surface area (Å²) in [5, 5.41) is 0. The molecule has 1 aromatic rings. The van der Waals surface area contributed by atoms with Crippen molar-refractivity contribution in [2.75, 3.05) is 26.8 Å². The van der Waals surface area contributed by atoms with E-state index in [9.17, 15) is 9.59 Å². The lowest BCUT2D eigenvalue weighted by Crippen LogP contribution is -2.27. The van der Waals surface area contributed by atoms with E-state index in [-0.39, 0.29) is 18.5 Å². The second-order valence-electron chi connectivity index (χ2n) is 4.50. The van der Waals surface area contributed by atoms with E-state index >= 15 is 0 Å². The van der Waals surface area contributed by atoms with Crippen LogP contribution >= 0.6 is 15.9 Å². The highest BCUT2D eigenvalue weighted by atomic mass is 79.9. The maximum Gasteiger partial charge on any atom is 0.338 e. The molecule has 1 aromatic carbocycles. The number of hydrogen-bond donors (Lipinski definition) is 0. The van der Waals surface area contributed by atoms with Crippen LogP contribution in [-0.2, 0) is 20.8 Å². The number of carbonyl (C=O) groups is 2. The van der Waals surface area contributed by atoms with Crippen molar-refractivity contribution in [3.63, 3.8) is 0 Å². The molecule has 0 aliphatic rings. The molecule has 0 amide bonds. The zero-order valence-electron chi connectivity index (χ0n) is 12.5. The number of esters is 2. The average molecular weight is 358 g/mol. The van der Waals surface area contributed by atoms with Gasteiger partial charge in [0.15, 0.2) is 0 Å². The fourth-order valence-electron chi connectivity index (χ4n) is 1.86. The van der Waals surface area contributed by atoms with Crippen LogP contribution in [0.25, 0.3) is 0 Å². The molecule has 0 aromatic heterocycles. The minimum atomic E-state index is -0.363. The van der Waals surface area contributed by atoms with Crippen LogP contribution in [0.5, 0.6) is 0 Å². The van der Waals surface area contributed by atoms with Crippen molar-refractivity contribution < 1.29 is 19.1 Å². The van der Waals surface area contributed by atoms with Crippen molar-refractivity contribution >= 4 is 27.9 Å². The Morgan fingerprint density at radius 2 is 1.86 bits per heavy atom. The molecule has 0 bridgehead atoms. The summed E-state index contributed by atoms with van der Waals surface area (Å²) in [6, 6.07) is 5.43. The molecule has 0 fully saturated rings. The number of carbonyl (C=O) groups excluding carboxylic acids is 2. The lowest BCUT2D eigenvalue weighted by molar-refractivity contribution is -0.144. The standard InChI is InChI=1S/C15H20BrNO4/c1-4-20-14(18)10-17(3)9-11-6-7-12(16)8-13(11)15(19)21-5-2/h6-8H,4-5,9-10H2,1-3H3. The van der Waals surface area contributed by atoms with Gasteiger partial charge in [0.2, 0.25) is 0 Å². The molecule has 1 rings (SSSR count). The predicted molar refractivity (Wildman–Crippen MR) is 83.1 cm³/mol. The van der Waals surface area contributed by atoms with Crippen LogP contribution in [0.2, 0.25) is 0 Å². The predicted octanol–water partition coefficient (Wildman–Crippen LogP) is 2.62. The molecule has 0 radical (unpaired) electrons. The topological polar surface area (TPSA) is 55.8 Å². The van der Waals surface area contributed by atoms with Gasteiger partial charge in [-0.15, -0.1) is 0 Å². The molecule has 0 atom stereocenters. The number of likely N-dealkylation sites (N-methyl/N-ethyl adjacent to an activating group) is 1. The van der Waals surface area contributed by atoms with Gasteiger partial charge in [-0.2, -0.15) is 0 Å². The molecule has 0 N–H and O–H groups in total. The summed E-state index contributed by atoms with van der Waals surface area (Å²) < 4.78 is 10.8. The largest absolute Gasteiger partial charge is 0.465 e. The second kappa shape index (κ2) is 8.79. The van der Waals surface area contributed by atoms with Gasteiger partial charge >= 0.3 is 11.9 Å². The van der Waals surface area contributed by atoms with Gasteiger partial charge in [0.25, 0.3) is 0 Å². The quantitative estimate of drug-likeness (QED) is 0.702. The maximum absolute atomic E-state index is 12.0. The Labute approximate surface area is 133 Å². The fraction of sp³-hybridized carbons (Fsp3) is 0.467. The number of rotatable bonds is 7. The van der Waals surface area contributed by atoms with E-state index < -0.39 is 0 Å². The number of benzene rings is 1. The van der Waals surface area contributed by atoms with Crippen LogP contribution in [0.4, 0.5) is 0 Å². The third kappa shape index (κ3) is 5.85. The van der Waals surface area contributed by atoms with E-state index in [1.54, 1.807) is 31.9 Å². The van der Waals surface area contributed by atoms with E-state index in [1.807, 2.05) is 12.1 Å². The van der Waals surface area contributed by atoms with Crippen molar-refractivity contribution in [2.24, 2.45) is 0 Å². The van der Waals surface area contributed by atoms with Crippen molar-refractivity contribution in [2.45, 2.75) is 20.4 Å². The second-order valence-corrected chi connectivity index (χ2v) is 5.41. The Bertz CT molecular complexity index is 504. The molecule has 0 heterocycles. The van der Waals surface area contributed by atoms with Crippen molar-refractivity contribution in [3.05, 3.63) is 33.8 Å². The maximum atomic E-state index is 12.0. The number of hydrogen-bond acceptors (Lipinski definition) is 5. The fourth-order valence-corrected chi connectivity index (χ4v) is 2.22. The summed E-state index contributed by atoms with van der Waals surface area (Å²) in [6.07, 6.45) is 0. The van der Waals surface area contributed by atoms with Gasteiger partial charge in [0, 0.05) is 11.0 Å². The Morgan fingerprint density at radius 3 is 2.48 bits per heavy atom. The molecular weight excluding hydrogens is 338 g/mol. The highest BCUT2D eigenvalue weighted by molar-refractivity contribution is 9.10.